The van der Waals surface area contributed by atoms with Crippen LogP contribution in [0.5, 0.6) is 0 Å². The van der Waals surface area contributed by atoms with Gasteiger partial charge in [-0.1, -0.05) is 30.1 Å². The molecule has 0 aliphatic carbocycles. The average Bonchev–Trinajstić information content (AvgIpc) is 2.38. The molecule has 1 aliphatic heterocycles. The summed E-state index contributed by atoms with van der Waals surface area (Å²) in [6, 6.07) is 5.70. The van der Waals surface area contributed by atoms with Crippen molar-refractivity contribution < 1.29 is 4.74 Å². The zero-order valence-electron chi connectivity index (χ0n) is 11.3. The van der Waals surface area contributed by atoms with E-state index in [1.165, 1.54) is 6.42 Å². The van der Waals surface area contributed by atoms with Gasteiger partial charge in [-0.2, -0.15) is 0 Å². The molecule has 2 atom stereocenters. The fourth-order valence-corrected chi connectivity index (χ4v) is 3.17. The van der Waals surface area contributed by atoms with Gasteiger partial charge in [0.1, 0.15) is 0 Å². The maximum atomic E-state index is 6.09. The van der Waals surface area contributed by atoms with Crippen LogP contribution in [0.2, 0.25) is 10.0 Å². The van der Waals surface area contributed by atoms with Crippen molar-refractivity contribution in [1.29, 1.82) is 0 Å². The van der Waals surface area contributed by atoms with E-state index in [9.17, 15) is 0 Å². The third-order valence-electron chi connectivity index (χ3n) is 3.49. The molecule has 0 spiro atoms. The van der Waals surface area contributed by atoms with Gasteiger partial charge in [-0.05, 0) is 49.6 Å². The molecular formula is C15H21Cl2NO. The summed E-state index contributed by atoms with van der Waals surface area (Å²) in [7, 11) is 0. The molecule has 4 heteroatoms. The van der Waals surface area contributed by atoms with Crippen LogP contribution in [0.15, 0.2) is 18.2 Å². The fourth-order valence-electron chi connectivity index (χ4n) is 2.62. The van der Waals surface area contributed by atoms with Crippen LogP contribution < -0.4 is 5.32 Å². The van der Waals surface area contributed by atoms with Crippen molar-refractivity contribution in [2.75, 3.05) is 19.7 Å². The van der Waals surface area contributed by atoms with Gasteiger partial charge in [-0.25, -0.2) is 0 Å². The van der Waals surface area contributed by atoms with Crippen LogP contribution in [0, 0.1) is 5.92 Å². The first kappa shape index (κ1) is 15.1. The summed E-state index contributed by atoms with van der Waals surface area (Å²) in [6.45, 7) is 5.04. The molecule has 2 nitrogen and oxygen atoms in total. The maximum Gasteiger partial charge on any atom is 0.0866 e. The van der Waals surface area contributed by atoms with E-state index in [0.717, 1.165) is 38.1 Å². The highest BCUT2D eigenvalue weighted by molar-refractivity contribution is 6.34. The molecule has 1 aromatic rings. The topological polar surface area (TPSA) is 21.3 Å². The molecule has 2 unspecified atom stereocenters. The highest BCUT2D eigenvalue weighted by atomic mass is 35.5. The lowest BCUT2D eigenvalue weighted by molar-refractivity contribution is -0.0277. The van der Waals surface area contributed by atoms with E-state index >= 15 is 0 Å². The number of rotatable bonds is 5. The summed E-state index contributed by atoms with van der Waals surface area (Å²) in [5, 5.41) is 4.84. The summed E-state index contributed by atoms with van der Waals surface area (Å²) in [5.41, 5.74) is 1.10. The predicted molar refractivity (Wildman–Crippen MR) is 81.0 cm³/mol. The molecule has 106 valence electrons. The molecule has 0 aromatic heterocycles. The van der Waals surface area contributed by atoms with E-state index in [0.29, 0.717) is 16.0 Å². The first-order valence-corrected chi connectivity index (χ1v) is 7.74. The molecule has 2 rings (SSSR count). The number of benzene rings is 1. The van der Waals surface area contributed by atoms with Gasteiger partial charge in [0.25, 0.3) is 0 Å². The molecule has 1 saturated heterocycles. The van der Waals surface area contributed by atoms with E-state index in [1.54, 1.807) is 6.07 Å². The molecular weight excluding hydrogens is 281 g/mol. The maximum absolute atomic E-state index is 6.09. The molecule has 1 N–H and O–H groups in total. The Kier molecular flexibility index (Phi) is 5.96. The number of ether oxygens (including phenoxy) is 1. The molecule has 0 bridgehead atoms. The van der Waals surface area contributed by atoms with Gasteiger partial charge in [0.2, 0.25) is 0 Å². The lowest BCUT2D eigenvalue weighted by Crippen LogP contribution is -2.32. The van der Waals surface area contributed by atoms with E-state index in [2.05, 4.69) is 12.2 Å². The summed E-state index contributed by atoms with van der Waals surface area (Å²) >= 11 is 12.2. The molecule has 19 heavy (non-hydrogen) atoms. The van der Waals surface area contributed by atoms with Gasteiger partial charge >= 0.3 is 0 Å². The molecule has 1 aromatic carbocycles. The van der Waals surface area contributed by atoms with Crippen LogP contribution in [0.4, 0.5) is 0 Å². The van der Waals surface area contributed by atoms with Gasteiger partial charge in [0.15, 0.2) is 0 Å². The monoisotopic (exact) mass is 301 g/mol. The van der Waals surface area contributed by atoms with Crippen molar-refractivity contribution in [2.24, 2.45) is 5.92 Å². The van der Waals surface area contributed by atoms with Crippen molar-refractivity contribution in [3.05, 3.63) is 33.8 Å². The quantitative estimate of drug-likeness (QED) is 0.811. The minimum absolute atomic E-state index is 0.106. The zero-order valence-corrected chi connectivity index (χ0v) is 12.8. The SMILES string of the molecule is CCCNCC1CCCOC1c1cc(Cl)cc(Cl)c1. The summed E-state index contributed by atoms with van der Waals surface area (Å²) < 4.78 is 5.96. The van der Waals surface area contributed by atoms with Crippen LogP contribution in [-0.4, -0.2) is 19.7 Å². The Morgan fingerprint density at radius 3 is 2.68 bits per heavy atom. The third-order valence-corrected chi connectivity index (χ3v) is 3.93. The summed E-state index contributed by atoms with van der Waals surface area (Å²) in [4.78, 5) is 0. The first-order chi connectivity index (χ1) is 9.20. The van der Waals surface area contributed by atoms with Crippen LogP contribution in [0.3, 0.4) is 0 Å². The van der Waals surface area contributed by atoms with Gasteiger partial charge in [0, 0.05) is 29.1 Å². The van der Waals surface area contributed by atoms with Crippen molar-refractivity contribution in [3.63, 3.8) is 0 Å². The smallest absolute Gasteiger partial charge is 0.0866 e. The Labute approximate surface area is 125 Å². The lowest BCUT2D eigenvalue weighted by Gasteiger charge is -2.32. The molecule has 1 fully saturated rings. The van der Waals surface area contributed by atoms with Crippen molar-refractivity contribution >= 4 is 23.2 Å². The van der Waals surface area contributed by atoms with Crippen LogP contribution >= 0.6 is 23.2 Å². The fraction of sp³-hybridized carbons (Fsp3) is 0.600. The molecule has 0 amide bonds. The van der Waals surface area contributed by atoms with Crippen molar-refractivity contribution in [1.82, 2.24) is 5.32 Å². The van der Waals surface area contributed by atoms with Crippen LogP contribution in [-0.2, 0) is 4.74 Å². The van der Waals surface area contributed by atoms with Gasteiger partial charge in [-0.15, -0.1) is 0 Å². The van der Waals surface area contributed by atoms with Gasteiger partial charge < -0.3 is 10.1 Å². The number of nitrogens with one attached hydrogen (secondary N) is 1. The number of hydrogen-bond donors (Lipinski definition) is 1. The second kappa shape index (κ2) is 7.49. The molecule has 0 radical (unpaired) electrons. The normalized spacial score (nSPS) is 23.5. The Hall–Kier alpha value is -0.280. The third kappa shape index (κ3) is 4.35. The lowest BCUT2D eigenvalue weighted by atomic mass is 9.89. The van der Waals surface area contributed by atoms with Gasteiger partial charge in [-0.3, -0.25) is 0 Å². The Morgan fingerprint density at radius 2 is 2.00 bits per heavy atom. The first-order valence-electron chi connectivity index (χ1n) is 6.99. The van der Waals surface area contributed by atoms with Crippen LogP contribution in [0.1, 0.15) is 37.9 Å². The largest absolute Gasteiger partial charge is 0.373 e. The van der Waals surface area contributed by atoms with Crippen molar-refractivity contribution in [3.8, 4) is 0 Å². The summed E-state index contributed by atoms with van der Waals surface area (Å²) in [6.07, 6.45) is 3.57. The zero-order chi connectivity index (χ0) is 13.7. The Morgan fingerprint density at radius 1 is 1.26 bits per heavy atom. The Bertz CT molecular complexity index is 391. The molecule has 1 heterocycles. The van der Waals surface area contributed by atoms with E-state index in [-0.39, 0.29) is 6.10 Å². The highest BCUT2D eigenvalue weighted by Crippen LogP contribution is 2.35. The molecule has 0 saturated carbocycles. The Balaban J connectivity index is 2.09. The minimum Gasteiger partial charge on any atom is -0.373 e. The number of hydrogen-bond acceptors (Lipinski definition) is 2. The van der Waals surface area contributed by atoms with E-state index in [1.807, 2.05) is 12.1 Å². The highest BCUT2D eigenvalue weighted by Gasteiger charge is 2.27. The summed E-state index contributed by atoms with van der Waals surface area (Å²) in [5.74, 6) is 0.495. The van der Waals surface area contributed by atoms with Gasteiger partial charge in [0.05, 0.1) is 6.10 Å². The predicted octanol–water partition coefficient (Wildman–Crippen LogP) is 4.46. The number of halogens is 2. The minimum atomic E-state index is 0.106. The van der Waals surface area contributed by atoms with Crippen LogP contribution in [0.25, 0.3) is 0 Å². The van der Waals surface area contributed by atoms with E-state index < -0.39 is 0 Å². The second-order valence-corrected chi connectivity index (χ2v) is 5.97. The molecule has 1 aliphatic rings. The average molecular weight is 302 g/mol. The second-order valence-electron chi connectivity index (χ2n) is 5.10. The van der Waals surface area contributed by atoms with Crippen molar-refractivity contribution in [2.45, 2.75) is 32.3 Å². The van der Waals surface area contributed by atoms with E-state index in [4.69, 9.17) is 27.9 Å². The standard InChI is InChI=1S/C15H21Cl2NO/c1-2-5-18-10-11-4-3-6-19-15(11)12-7-13(16)9-14(17)8-12/h7-9,11,15,18H,2-6,10H2,1H3.